The predicted molar refractivity (Wildman–Crippen MR) is 95.9 cm³/mol. The second kappa shape index (κ2) is 9.99. The van der Waals surface area contributed by atoms with Crippen molar-refractivity contribution in [1.82, 2.24) is 0 Å². The second-order valence-electron chi connectivity index (χ2n) is 6.64. The molecule has 1 aliphatic rings. The van der Waals surface area contributed by atoms with Crippen LogP contribution in [0, 0.1) is 0 Å². The fourth-order valence-electron chi connectivity index (χ4n) is 3.62. The Hall–Kier alpha value is -1.00. The van der Waals surface area contributed by atoms with Crippen LogP contribution >= 0.6 is 0 Å². The maximum Gasteiger partial charge on any atom is 0.158 e. The van der Waals surface area contributed by atoms with E-state index in [9.17, 15) is 8.78 Å². The van der Waals surface area contributed by atoms with Gasteiger partial charge in [0.1, 0.15) is 6.33 Å². The summed E-state index contributed by atoms with van der Waals surface area (Å²) in [5, 5.41) is 0. The molecular weight excluding hydrogens is 310 g/mol. The number of methoxy groups -OCH3 is 1. The standard InChI is InChI=1S/C19H28F2OSi/c1-22-11-3-2-4-12-23-13-9-17(10-14-23)16-5-7-18(8-6-16)19(21)15-20/h5-8,15,17,23H,2-4,9-14H2,1H3/t17-,23-. The maximum absolute atomic E-state index is 13.2. The topological polar surface area (TPSA) is 9.23 Å². The highest BCUT2D eigenvalue weighted by molar-refractivity contribution is 6.59. The molecule has 0 N–H and O–H groups in total. The van der Waals surface area contributed by atoms with Crippen molar-refractivity contribution in [1.29, 1.82) is 0 Å². The van der Waals surface area contributed by atoms with E-state index in [1.807, 2.05) is 12.1 Å². The molecular formula is C19H28F2OSi. The summed E-state index contributed by atoms with van der Waals surface area (Å²) < 4.78 is 30.5. The molecule has 0 radical (unpaired) electrons. The number of hydrogen-bond donors (Lipinski definition) is 0. The molecule has 0 aromatic heterocycles. The number of unbranched alkanes of at least 4 members (excludes halogenated alkanes) is 2. The van der Waals surface area contributed by atoms with Crippen molar-refractivity contribution in [3.05, 3.63) is 41.7 Å². The molecule has 1 nitrogen and oxygen atoms in total. The summed E-state index contributed by atoms with van der Waals surface area (Å²) >= 11 is 0. The Labute approximate surface area is 140 Å². The highest BCUT2D eigenvalue weighted by Gasteiger charge is 2.23. The first-order valence-electron chi connectivity index (χ1n) is 8.79. The Bertz CT molecular complexity index is 479. The molecule has 4 heteroatoms. The summed E-state index contributed by atoms with van der Waals surface area (Å²) in [5.41, 5.74) is 1.61. The van der Waals surface area contributed by atoms with Gasteiger partial charge in [-0.15, -0.1) is 0 Å². The van der Waals surface area contributed by atoms with Gasteiger partial charge in [-0.3, -0.25) is 0 Å². The van der Waals surface area contributed by atoms with E-state index in [0.29, 0.717) is 11.5 Å². The monoisotopic (exact) mass is 338 g/mol. The minimum atomic E-state index is -0.791. The molecule has 0 aliphatic carbocycles. The number of ether oxygens (including phenoxy) is 1. The first-order chi connectivity index (χ1) is 11.2. The number of hydrogen-bond acceptors (Lipinski definition) is 1. The van der Waals surface area contributed by atoms with Crippen LogP contribution in [0.5, 0.6) is 0 Å². The zero-order valence-electron chi connectivity index (χ0n) is 14.1. The van der Waals surface area contributed by atoms with Gasteiger partial charge in [0.15, 0.2) is 5.83 Å². The van der Waals surface area contributed by atoms with Crippen molar-refractivity contribution in [2.24, 2.45) is 0 Å². The van der Waals surface area contributed by atoms with Crippen LogP contribution in [0.15, 0.2) is 30.6 Å². The molecule has 1 aliphatic heterocycles. The molecule has 1 heterocycles. The SMILES string of the molecule is COCCCCC[Si@H]1CC[C@H](c2ccc(C(F)=CF)cc2)CC1. The Morgan fingerprint density at radius 3 is 2.48 bits per heavy atom. The van der Waals surface area contributed by atoms with E-state index in [2.05, 4.69) is 0 Å². The Morgan fingerprint density at radius 2 is 1.87 bits per heavy atom. The van der Waals surface area contributed by atoms with Crippen LogP contribution in [-0.2, 0) is 4.74 Å². The lowest BCUT2D eigenvalue weighted by molar-refractivity contribution is 0.192. The first kappa shape index (κ1) is 18.3. The van der Waals surface area contributed by atoms with E-state index in [0.717, 1.165) is 6.61 Å². The summed E-state index contributed by atoms with van der Waals surface area (Å²) in [5.74, 6) is -0.181. The van der Waals surface area contributed by atoms with Gasteiger partial charge < -0.3 is 4.74 Å². The van der Waals surface area contributed by atoms with Gasteiger partial charge in [0, 0.05) is 28.1 Å². The lowest BCUT2D eigenvalue weighted by atomic mass is 9.93. The van der Waals surface area contributed by atoms with Gasteiger partial charge in [0.05, 0.1) is 0 Å². The third-order valence-electron chi connectivity index (χ3n) is 5.06. The molecule has 0 bridgehead atoms. The van der Waals surface area contributed by atoms with Gasteiger partial charge in [-0.2, -0.15) is 0 Å². The number of benzene rings is 1. The summed E-state index contributed by atoms with van der Waals surface area (Å²) in [4.78, 5) is 0. The molecule has 0 unspecified atom stereocenters. The number of rotatable bonds is 8. The van der Waals surface area contributed by atoms with Crippen LogP contribution in [0.2, 0.25) is 18.1 Å². The molecule has 23 heavy (non-hydrogen) atoms. The highest BCUT2D eigenvalue weighted by atomic mass is 28.3. The van der Waals surface area contributed by atoms with Crippen molar-refractivity contribution < 1.29 is 13.5 Å². The average Bonchev–Trinajstić information content (AvgIpc) is 2.61. The van der Waals surface area contributed by atoms with Crippen LogP contribution in [0.3, 0.4) is 0 Å². The van der Waals surface area contributed by atoms with Crippen LogP contribution in [0.1, 0.15) is 49.1 Å². The van der Waals surface area contributed by atoms with Gasteiger partial charge in [-0.05, 0) is 30.7 Å². The van der Waals surface area contributed by atoms with Gasteiger partial charge in [0.25, 0.3) is 0 Å². The zero-order chi connectivity index (χ0) is 16.5. The van der Waals surface area contributed by atoms with Crippen LogP contribution < -0.4 is 0 Å². The van der Waals surface area contributed by atoms with Crippen LogP contribution in [-0.4, -0.2) is 22.5 Å². The second-order valence-corrected chi connectivity index (χ2v) is 10.1. The molecule has 2 rings (SSSR count). The summed E-state index contributed by atoms with van der Waals surface area (Å²) in [6.45, 7) is 0.891. The third kappa shape index (κ3) is 5.85. The quantitative estimate of drug-likeness (QED) is 0.427. The Balaban J connectivity index is 1.73. The summed E-state index contributed by atoms with van der Waals surface area (Å²) in [6, 6.07) is 11.7. The first-order valence-corrected chi connectivity index (χ1v) is 11.2. The van der Waals surface area contributed by atoms with E-state index < -0.39 is 14.6 Å². The van der Waals surface area contributed by atoms with Gasteiger partial charge in [-0.1, -0.05) is 55.2 Å². The number of halogens is 2. The smallest absolute Gasteiger partial charge is 0.158 e. The Kier molecular flexibility index (Phi) is 7.96. The van der Waals surface area contributed by atoms with E-state index in [4.69, 9.17) is 4.74 Å². The third-order valence-corrected chi connectivity index (χ3v) is 8.59. The summed E-state index contributed by atoms with van der Waals surface area (Å²) in [6.07, 6.45) is 6.44. The predicted octanol–water partition coefficient (Wildman–Crippen LogP) is 5.85. The molecule has 0 atom stereocenters. The lowest BCUT2D eigenvalue weighted by Crippen LogP contribution is -2.20. The van der Waals surface area contributed by atoms with Crippen molar-refractivity contribution in [3.8, 4) is 0 Å². The molecule has 1 saturated heterocycles. The maximum atomic E-state index is 13.2. The van der Waals surface area contributed by atoms with Crippen molar-refractivity contribution in [2.45, 2.75) is 56.2 Å². The molecule has 0 spiro atoms. The fraction of sp³-hybridized carbons (Fsp3) is 0.579. The normalized spacial score (nSPS) is 22.3. The van der Waals surface area contributed by atoms with E-state index in [1.165, 1.54) is 55.8 Å². The molecule has 0 saturated carbocycles. The molecule has 1 aromatic rings. The van der Waals surface area contributed by atoms with Crippen LogP contribution in [0.4, 0.5) is 8.78 Å². The Morgan fingerprint density at radius 1 is 1.17 bits per heavy atom. The van der Waals surface area contributed by atoms with E-state index in [-0.39, 0.29) is 6.33 Å². The molecule has 1 aromatic carbocycles. The van der Waals surface area contributed by atoms with Crippen LogP contribution in [0.25, 0.3) is 5.83 Å². The molecule has 0 amide bonds. The molecule has 1 fully saturated rings. The summed E-state index contributed by atoms with van der Waals surface area (Å²) in [7, 11) is 1.24. The van der Waals surface area contributed by atoms with Crippen molar-refractivity contribution in [3.63, 3.8) is 0 Å². The van der Waals surface area contributed by atoms with Gasteiger partial charge in [0.2, 0.25) is 0 Å². The largest absolute Gasteiger partial charge is 0.385 e. The molecule has 128 valence electrons. The van der Waals surface area contributed by atoms with Gasteiger partial charge in [-0.25, -0.2) is 8.78 Å². The zero-order valence-corrected chi connectivity index (χ0v) is 15.2. The van der Waals surface area contributed by atoms with Gasteiger partial charge >= 0.3 is 0 Å². The minimum Gasteiger partial charge on any atom is -0.385 e. The van der Waals surface area contributed by atoms with Crippen molar-refractivity contribution >= 4 is 14.6 Å². The van der Waals surface area contributed by atoms with E-state index >= 15 is 0 Å². The van der Waals surface area contributed by atoms with Crippen molar-refractivity contribution in [2.75, 3.05) is 13.7 Å². The average molecular weight is 339 g/mol. The lowest BCUT2D eigenvalue weighted by Gasteiger charge is -2.28. The highest BCUT2D eigenvalue weighted by Crippen LogP contribution is 2.35. The fourth-order valence-corrected chi connectivity index (χ4v) is 7.10. The van der Waals surface area contributed by atoms with E-state index in [1.54, 1.807) is 19.2 Å². The minimum absolute atomic E-state index is 0.0262.